The van der Waals surface area contributed by atoms with Crippen LogP contribution in [-0.4, -0.2) is 40.8 Å². The SMILES string of the molecule is COCCNC(=O)Nc1ccc(-n2ccnc2)nc1. The molecule has 0 aliphatic carbocycles. The Morgan fingerprint density at radius 2 is 2.37 bits per heavy atom. The topological polar surface area (TPSA) is 81.1 Å². The van der Waals surface area contributed by atoms with E-state index >= 15 is 0 Å². The average molecular weight is 261 g/mol. The summed E-state index contributed by atoms with van der Waals surface area (Å²) in [5.74, 6) is 0.739. The molecule has 2 aromatic rings. The van der Waals surface area contributed by atoms with Gasteiger partial charge in [-0.3, -0.25) is 4.57 Å². The number of nitrogens with one attached hydrogen (secondary N) is 2. The summed E-state index contributed by atoms with van der Waals surface area (Å²) in [5, 5.41) is 5.34. The van der Waals surface area contributed by atoms with Crippen molar-refractivity contribution < 1.29 is 9.53 Å². The number of carbonyl (C=O) groups is 1. The Balaban J connectivity index is 1.90. The molecule has 2 N–H and O–H groups in total. The Labute approximate surface area is 110 Å². The van der Waals surface area contributed by atoms with Crippen molar-refractivity contribution in [3.63, 3.8) is 0 Å². The molecule has 0 bridgehead atoms. The van der Waals surface area contributed by atoms with E-state index in [4.69, 9.17) is 4.74 Å². The van der Waals surface area contributed by atoms with E-state index in [2.05, 4.69) is 20.6 Å². The molecule has 0 aliphatic heterocycles. The maximum atomic E-state index is 11.5. The lowest BCUT2D eigenvalue weighted by Crippen LogP contribution is -2.31. The molecule has 0 saturated heterocycles. The Bertz CT molecular complexity index is 509. The lowest BCUT2D eigenvalue weighted by molar-refractivity contribution is 0.198. The fourth-order valence-corrected chi connectivity index (χ4v) is 1.45. The molecule has 0 spiro atoms. The zero-order valence-electron chi connectivity index (χ0n) is 10.5. The second-order valence-corrected chi connectivity index (χ2v) is 3.75. The molecule has 0 atom stereocenters. The molecule has 0 radical (unpaired) electrons. The highest BCUT2D eigenvalue weighted by Crippen LogP contribution is 2.09. The van der Waals surface area contributed by atoms with Gasteiger partial charge in [-0.2, -0.15) is 0 Å². The van der Waals surface area contributed by atoms with Crippen LogP contribution in [0.25, 0.3) is 5.82 Å². The first-order chi connectivity index (χ1) is 9.29. The van der Waals surface area contributed by atoms with Crippen LogP contribution < -0.4 is 10.6 Å². The minimum atomic E-state index is -0.283. The van der Waals surface area contributed by atoms with Gasteiger partial charge in [-0.1, -0.05) is 0 Å². The number of aromatic nitrogens is 3. The van der Waals surface area contributed by atoms with Gasteiger partial charge in [-0.05, 0) is 12.1 Å². The van der Waals surface area contributed by atoms with Crippen molar-refractivity contribution in [1.82, 2.24) is 19.9 Å². The second-order valence-electron chi connectivity index (χ2n) is 3.75. The molecular formula is C12H15N5O2. The summed E-state index contributed by atoms with van der Waals surface area (Å²) >= 11 is 0. The Morgan fingerprint density at radius 1 is 1.47 bits per heavy atom. The minimum absolute atomic E-state index is 0.283. The lowest BCUT2D eigenvalue weighted by atomic mass is 10.4. The zero-order valence-corrected chi connectivity index (χ0v) is 10.5. The van der Waals surface area contributed by atoms with E-state index in [1.807, 2.05) is 0 Å². The van der Waals surface area contributed by atoms with E-state index in [1.54, 1.807) is 48.7 Å². The van der Waals surface area contributed by atoms with Gasteiger partial charge in [0.2, 0.25) is 0 Å². The summed E-state index contributed by atoms with van der Waals surface area (Å²) in [6, 6.07) is 3.29. The van der Waals surface area contributed by atoms with Crippen LogP contribution >= 0.6 is 0 Å². The van der Waals surface area contributed by atoms with Crippen LogP contribution in [-0.2, 0) is 4.74 Å². The van der Waals surface area contributed by atoms with E-state index in [1.165, 1.54) is 0 Å². The third-order valence-electron chi connectivity index (χ3n) is 2.37. The van der Waals surface area contributed by atoms with Crippen LogP contribution in [0.1, 0.15) is 0 Å². The number of urea groups is 1. The molecule has 0 unspecified atom stereocenters. The van der Waals surface area contributed by atoms with Crippen molar-refractivity contribution in [1.29, 1.82) is 0 Å². The quantitative estimate of drug-likeness (QED) is 0.788. The lowest BCUT2D eigenvalue weighted by Gasteiger charge is -2.07. The van der Waals surface area contributed by atoms with Crippen LogP contribution in [0, 0.1) is 0 Å². The number of anilines is 1. The van der Waals surface area contributed by atoms with Gasteiger partial charge < -0.3 is 15.4 Å². The average Bonchev–Trinajstić information content (AvgIpc) is 2.94. The Kier molecular flexibility index (Phi) is 4.46. The minimum Gasteiger partial charge on any atom is -0.383 e. The summed E-state index contributed by atoms with van der Waals surface area (Å²) < 4.78 is 6.62. The van der Waals surface area contributed by atoms with E-state index < -0.39 is 0 Å². The van der Waals surface area contributed by atoms with Gasteiger partial charge in [0.1, 0.15) is 12.1 Å². The predicted octanol–water partition coefficient (Wildman–Crippen LogP) is 1.04. The number of pyridine rings is 1. The van der Waals surface area contributed by atoms with Crippen molar-refractivity contribution >= 4 is 11.7 Å². The molecule has 7 heteroatoms. The number of amides is 2. The highest BCUT2D eigenvalue weighted by atomic mass is 16.5. The number of hydrogen-bond donors (Lipinski definition) is 2. The Hall–Kier alpha value is -2.41. The molecule has 0 aromatic carbocycles. The molecule has 0 saturated carbocycles. The molecule has 19 heavy (non-hydrogen) atoms. The van der Waals surface area contributed by atoms with Crippen molar-refractivity contribution in [3.05, 3.63) is 37.1 Å². The maximum absolute atomic E-state index is 11.5. The van der Waals surface area contributed by atoms with Gasteiger partial charge in [0.25, 0.3) is 0 Å². The van der Waals surface area contributed by atoms with Gasteiger partial charge in [0, 0.05) is 26.0 Å². The van der Waals surface area contributed by atoms with Crippen LogP contribution in [0.3, 0.4) is 0 Å². The maximum Gasteiger partial charge on any atom is 0.319 e. The van der Waals surface area contributed by atoms with E-state index in [0.29, 0.717) is 18.8 Å². The fraction of sp³-hybridized carbons (Fsp3) is 0.250. The van der Waals surface area contributed by atoms with E-state index in [-0.39, 0.29) is 6.03 Å². The number of hydrogen-bond acceptors (Lipinski definition) is 4. The molecule has 0 fully saturated rings. The summed E-state index contributed by atoms with van der Waals surface area (Å²) in [4.78, 5) is 19.6. The summed E-state index contributed by atoms with van der Waals surface area (Å²) in [6.07, 6.45) is 6.72. The van der Waals surface area contributed by atoms with Gasteiger partial charge in [-0.15, -0.1) is 0 Å². The van der Waals surface area contributed by atoms with Crippen LogP contribution in [0.4, 0.5) is 10.5 Å². The first-order valence-corrected chi connectivity index (χ1v) is 5.78. The molecule has 2 amide bonds. The number of carbonyl (C=O) groups excluding carboxylic acids is 1. The number of ether oxygens (including phenoxy) is 1. The normalized spacial score (nSPS) is 10.2. The van der Waals surface area contributed by atoms with Crippen LogP contribution in [0.15, 0.2) is 37.1 Å². The Morgan fingerprint density at radius 3 is 3.00 bits per heavy atom. The number of nitrogens with zero attached hydrogens (tertiary/aromatic N) is 3. The molecule has 7 nitrogen and oxygen atoms in total. The van der Waals surface area contributed by atoms with Gasteiger partial charge >= 0.3 is 6.03 Å². The van der Waals surface area contributed by atoms with Crippen molar-refractivity contribution in [2.24, 2.45) is 0 Å². The fourth-order valence-electron chi connectivity index (χ4n) is 1.45. The molecule has 100 valence electrons. The van der Waals surface area contributed by atoms with Gasteiger partial charge in [0.05, 0.1) is 18.5 Å². The second kappa shape index (κ2) is 6.50. The molecular weight excluding hydrogens is 246 g/mol. The third kappa shape index (κ3) is 3.78. The zero-order chi connectivity index (χ0) is 13.5. The summed E-state index contributed by atoms with van der Waals surface area (Å²) in [7, 11) is 1.58. The summed E-state index contributed by atoms with van der Waals surface area (Å²) in [6.45, 7) is 0.939. The molecule has 2 aromatic heterocycles. The highest BCUT2D eigenvalue weighted by Gasteiger charge is 2.02. The predicted molar refractivity (Wildman–Crippen MR) is 70.3 cm³/mol. The van der Waals surface area contributed by atoms with E-state index in [0.717, 1.165) is 5.82 Å². The monoisotopic (exact) mass is 261 g/mol. The van der Waals surface area contributed by atoms with Gasteiger partial charge in [0.15, 0.2) is 0 Å². The van der Waals surface area contributed by atoms with Crippen LogP contribution in [0.2, 0.25) is 0 Å². The highest BCUT2D eigenvalue weighted by molar-refractivity contribution is 5.89. The first-order valence-electron chi connectivity index (χ1n) is 5.78. The third-order valence-corrected chi connectivity index (χ3v) is 2.37. The van der Waals surface area contributed by atoms with Crippen molar-refractivity contribution in [2.75, 3.05) is 25.6 Å². The largest absolute Gasteiger partial charge is 0.383 e. The van der Waals surface area contributed by atoms with Gasteiger partial charge in [-0.25, -0.2) is 14.8 Å². The standard InChI is InChI=1S/C12H15N5O2/c1-19-7-5-14-12(18)16-10-2-3-11(15-8-10)17-6-4-13-9-17/h2-4,6,8-9H,5,7H2,1H3,(H2,14,16,18). The molecule has 2 heterocycles. The van der Waals surface area contributed by atoms with E-state index in [9.17, 15) is 4.79 Å². The smallest absolute Gasteiger partial charge is 0.319 e. The van der Waals surface area contributed by atoms with Crippen molar-refractivity contribution in [2.45, 2.75) is 0 Å². The number of rotatable bonds is 5. The molecule has 0 aliphatic rings. The summed E-state index contributed by atoms with van der Waals surface area (Å²) in [5.41, 5.74) is 0.624. The molecule has 2 rings (SSSR count). The van der Waals surface area contributed by atoms with Crippen LogP contribution in [0.5, 0.6) is 0 Å². The first kappa shape index (κ1) is 13.0. The number of methoxy groups -OCH3 is 1. The van der Waals surface area contributed by atoms with Crippen molar-refractivity contribution in [3.8, 4) is 5.82 Å². The number of imidazole rings is 1.